The first kappa shape index (κ1) is 16.1. The number of allylic oxidation sites excluding steroid dienone is 1. The number of nitrogens with zero attached hydrogens (tertiary/aromatic N) is 3. The molecule has 120 valence electrons. The molecule has 2 heterocycles. The molecule has 0 aliphatic rings. The van der Waals surface area contributed by atoms with E-state index < -0.39 is 0 Å². The third-order valence-electron chi connectivity index (χ3n) is 3.38. The fourth-order valence-electron chi connectivity index (χ4n) is 2.34. The number of rotatable bonds is 4. The van der Waals surface area contributed by atoms with Crippen LogP contribution in [0.2, 0.25) is 0 Å². The highest BCUT2D eigenvalue weighted by Crippen LogP contribution is 2.12. The second kappa shape index (κ2) is 7.23. The molecule has 6 heteroatoms. The van der Waals surface area contributed by atoms with Gasteiger partial charge in [0.2, 0.25) is 0 Å². The van der Waals surface area contributed by atoms with E-state index in [2.05, 4.69) is 31.4 Å². The van der Waals surface area contributed by atoms with Gasteiger partial charge in [-0.2, -0.15) is 5.10 Å². The lowest BCUT2D eigenvalue weighted by Gasteiger charge is -2.01. The molecule has 0 saturated heterocycles. The Balaban J connectivity index is 1.73. The van der Waals surface area contributed by atoms with Gasteiger partial charge in [-0.3, -0.25) is 9.20 Å². The van der Waals surface area contributed by atoms with Crippen molar-refractivity contribution in [1.82, 2.24) is 14.8 Å². The summed E-state index contributed by atoms with van der Waals surface area (Å²) in [4.78, 5) is 16.7. The Hall–Kier alpha value is -2.73. The maximum absolute atomic E-state index is 12.4. The summed E-state index contributed by atoms with van der Waals surface area (Å²) in [7, 11) is 0. The van der Waals surface area contributed by atoms with Gasteiger partial charge in [-0.1, -0.05) is 36.4 Å². The number of halogens is 1. The maximum atomic E-state index is 12.4. The lowest BCUT2D eigenvalue weighted by molar-refractivity contribution is 0.0948. The quantitative estimate of drug-likeness (QED) is 0.551. The third kappa shape index (κ3) is 3.60. The molecule has 0 spiro atoms. The van der Waals surface area contributed by atoms with Crippen molar-refractivity contribution < 1.29 is 4.79 Å². The van der Waals surface area contributed by atoms with Gasteiger partial charge in [-0.25, -0.2) is 10.4 Å². The SMILES string of the molecule is Cc1nc2ccccn2c1C(=O)N/N=C/C(Br)=C/c1ccccc1. The number of fused-ring (bicyclic) bond motifs is 1. The first-order chi connectivity index (χ1) is 11.6. The van der Waals surface area contributed by atoms with Gasteiger partial charge in [0.25, 0.3) is 5.91 Å². The molecule has 24 heavy (non-hydrogen) atoms. The molecular weight excluding hydrogens is 368 g/mol. The van der Waals surface area contributed by atoms with Crippen molar-refractivity contribution in [3.05, 3.63) is 76.2 Å². The minimum Gasteiger partial charge on any atom is -0.295 e. The first-order valence-corrected chi connectivity index (χ1v) is 8.14. The lowest BCUT2D eigenvalue weighted by atomic mass is 10.2. The van der Waals surface area contributed by atoms with Crippen LogP contribution in [0, 0.1) is 6.92 Å². The van der Waals surface area contributed by atoms with Gasteiger partial charge in [-0.05, 0) is 46.6 Å². The number of amides is 1. The van der Waals surface area contributed by atoms with Gasteiger partial charge >= 0.3 is 0 Å². The van der Waals surface area contributed by atoms with Gasteiger partial charge in [0.1, 0.15) is 11.3 Å². The van der Waals surface area contributed by atoms with Crippen LogP contribution >= 0.6 is 15.9 Å². The number of nitrogens with one attached hydrogen (secondary N) is 1. The molecule has 5 nitrogen and oxygen atoms in total. The van der Waals surface area contributed by atoms with Crippen LogP contribution in [0.25, 0.3) is 11.7 Å². The normalized spacial score (nSPS) is 12.0. The van der Waals surface area contributed by atoms with E-state index >= 15 is 0 Å². The summed E-state index contributed by atoms with van der Waals surface area (Å²) in [6.07, 6.45) is 5.26. The molecule has 0 bridgehead atoms. The number of hydrazone groups is 1. The van der Waals surface area contributed by atoms with Crippen LogP contribution in [0.1, 0.15) is 21.7 Å². The van der Waals surface area contributed by atoms with Crippen LogP contribution in [-0.2, 0) is 0 Å². The Morgan fingerprint density at radius 1 is 1.21 bits per heavy atom. The largest absolute Gasteiger partial charge is 0.295 e. The van der Waals surface area contributed by atoms with Gasteiger partial charge in [0.15, 0.2) is 0 Å². The summed E-state index contributed by atoms with van der Waals surface area (Å²) in [5, 5.41) is 3.99. The van der Waals surface area contributed by atoms with E-state index in [4.69, 9.17) is 0 Å². The molecule has 3 rings (SSSR count). The Kier molecular flexibility index (Phi) is 4.86. The zero-order valence-corrected chi connectivity index (χ0v) is 14.6. The predicted octanol–water partition coefficient (Wildman–Crippen LogP) is 3.79. The van der Waals surface area contributed by atoms with E-state index in [1.165, 1.54) is 0 Å². The second-order valence-corrected chi connectivity index (χ2v) is 6.03. The summed E-state index contributed by atoms with van der Waals surface area (Å²) in [6.45, 7) is 1.80. The molecule has 0 fully saturated rings. The fourth-order valence-corrected chi connectivity index (χ4v) is 2.71. The van der Waals surface area contributed by atoms with E-state index in [9.17, 15) is 4.79 Å². The highest BCUT2D eigenvalue weighted by atomic mass is 79.9. The lowest BCUT2D eigenvalue weighted by Crippen LogP contribution is -2.20. The van der Waals surface area contributed by atoms with Crippen LogP contribution in [0.3, 0.4) is 0 Å². The van der Waals surface area contributed by atoms with Gasteiger partial charge < -0.3 is 0 Å². The van der Waals surface area contributed by atoms with Crippen molar-refractivity contribution in [2.45, 2.75) is 6.92 Å². The minimum absolute atomic E-state index is 0.303. The molecule has 0 unspecified atom stereocenters. The number of benzene rings is 1. The van der Waals surface area contributed by atoms with Gasteiger partial charge in [0.05, 0.1) is 11.9 Å². The van der Waals surface area contributed by atoms with Crippen molar-refractivity contribution in [3.63, 3.8) is 0 Å². The Bertz CT molecular complexity index is 929. The van der Waals surface area contributed by atoms with Gasteiger partial charge in [0, 0.05) is 10.7 Å². The standard InChI is InChI=1S/C18H15BrN4O/c1-13-17(23-10-6-5-9-16(23)21-13)18(24)22-20-12-15(19)11-14-7-3-2-4-8-14/h2-12H,1H3,(H,22,24)/b15-11-,20-12+. The van der Waals surface area contributed by atoms with Crippen molar-refractivity contribution in [3.8, 4) is 0 Å². The van der Waals surface area contributed by atoms with Crippen LogP contribution in [0.4, 0.5) is 0 Å². The van der Waals surface area contributed by atoms with Crippen molar-refractivity contribution in [1.29, 1.82) is 0 Å². The number of imidazole rings is 1. The average Bonchev–Trinajstić information content (AvgIpc) is 2.91. The molecule has 1 aromatic carbocycles. The summed E-state index contributed by atoms with van der Waals surface area (Å²) >= 11 is 3.41. The zero-order chi connectivity index (χ0) is 16.9. The number of hydrogen-bond donors (Lipinski definition) is 1. The topological polar surface area (TPSA) is 58.8 Å². The fraction of sp³-hybridized carbons (Fsp3) is 0.0556. The van der Waals surface area contributed by atoms with Crippen LogP contribution in [0.15, 0.2) is 64.3 Å². The number of pyridine rings is 1. The third-order valence-corrected chi connectivity index (χ3v) is 3.81. The second-order valence-electron chi connectivity index (χ2n) is 5.11. The molecule has 0 aliphatic carbocycles. The highest BCUT2D eigenvalue weighted by Gasteiger charge is 2.15. The first-order valence-electron chi connectivity index (χ1n) is 7.34. The van der Waals surface area contributed by atoms with Gasteiger partial charge in [-0.15, -0.1) is 0 Å². The summed E-state index contributed by atoms with van der Waals surface area (Å²) in [5.41, 5.74) is 5.44. The minimum atomic E-state index is -0.303. The molecule has 0 radical (unpaired) electrons. The van der Waals surface area contributed by atoms with Crippen LogP contribution in [0.5, 0.6) is 0 Å². The molecule has 0 atom stereocenters. The van der Waals surface area contributed by atoms with Crippen molar-refractivity contribution in [2.75, 3.05) is 0 Å². The molecule has 2 aromatic heterocycles. The van der Waals surface area contributed by atoms with Crippen molar-refractivity contribution >= 4 is 39.8 Å². The monoisotopic (exact) mass is 382 g/mol. The number of carbonyl (C=O) groups is 1. The zero-order valence-electron chi connectivity index (χ0n) is 13.0. The van der Waals surface area contributed by atoms with E-state index in [0.29, 0.717) is 11.4 Å². The molecule has 0 saturated carbocycles. The smallest absolute Gasteiger partial charge is 0.290 e. The number of hydrogen-bond acceptors (Lipinski definition) is 3. The molecule has 0 aliphatic heterocycles. The summed E-state index contributed by atoms with van der Waals surface area (Å²) in [6, 6.07) is 15.4. The van der Waals surface area contributed by atoms with Crippen molar-refractivity contribution in [2.24, 2.45) is 5.10 Å². The van der Waals surface area contributed by atoms with E-state index in [-0.39, 0.29) is 5.91 Å². The molecular formula is C18H15BrN4O. The van der Waals surface area contributed by atoms with Crippen LogP contribution < -0.4 is 5.43 Å². The molecule has 3 aromatic rings. The maximum Gasteiger partial charge on any atom is 0.290 e. The highest BCUT2D eigenvalue weighted by molar-refractivity contribution is 9.12. The predicted molar refractivity (Wildman–Crippen MR) is 99.2 cm³/mol. The summed E-state index contributed by atoms with van der Waals surface area (Å²) in [5.74, 6) is -0.303. The Morgan fingerprint density at radius 3 is 2.75 bits per heavy atom. The number of aryl methyl sites for hydroxylation is 1. The van der Waals surface area contributed by atoms with E-state index in [1.807, 2.05) is 54.6 Å². The van der Waals surface area contributed by atoms with E-state index in [1.54, 1.807) is 23.7 Å². The number of carbonyl (C=O) groups excluding carboxylic acids is 1. The Labute approximate surface area is 147 Å². The van der Waals surface area contributed by atoms with Crippen LogP contribution in [-0.4, -0.2) is 21.5 Å². The average molecular weight is 383 g/mol. The Morgan fingerprint density at radius 2 is 1.96 bits per heavy atom. The van der Waals surface area contributed by atoms with E-state index in [0.717, 1.165) is 15.7 Å². The molecule has 1 amide bonds. The number of aromatic nitrogens is 2. The molecule has 1 N–H and O–H groups in total. The summed E-state index contributed by atoms with van der Waals surface area (Å²) < 4.78 is 2.50.